The van der Waals surface area contributed by atoms with Gasteiger partial charge in [0.1, 0.15) is 0 Å². The van der Waals surface area contributed by atoms with E-state index in [1.807, 2.05) is 0 Å². The van der Waals surface area contributed by atoms with E-state index in [0.717, 1.165) is 12.8 Å². The van der Waals surface area contributed by atoms with Crippen molar-refractivity contribution in [1.82, 2.24) is 0 Å². The molecule has 0 rings (SSSR count). The molecular weight excluding hydrogens is 208 g/mol. The molecule has 0 spiro atoms. The van der Waals surface area contributed by atoms with E-state index in [4.69, 9.17) is 0 Å². The number of unbranched alkanes of at least 4 members (excludes halogenated alkanes) is 9. The molecule has 0 aliphatic carbocycles. The first-order valence-corrected chi connectivity index (χ1v) is 7.60. The first kappa shape index (κ1) is 16.7. The smallest absolute Gasteiger partial charge is 0.0574 e. The van der Waals surface area contributed by atoms with Gasteiger partial charge in [0.15, 0.2) is 0 Å². The van der Waals surface area contributed by atoms with Crippen LogP contribution in [0.5, 0.6) is 0 Å². The van der Waals surface area contributed by atoms with Gasteiger partial charge in [0.2, 0.25) is 0 Å². The van der Waals surface area contributed by atoms with Crippen molar-refractivity contribution in [3.63, 3.8) is 0 Å². The first-order chi connectivity index (χ1) is 8.31. The van der Waals surface area contributed by atoms with Crippen LogP contribution in [0.4, 0.5) is 0 Å². The molecule has 0 saturated heterocycles. The second-order valence-corrected chi connectivity index (χ2v) is 5.15. The Morgan fingerprint density at radius 1 is 0.882 bits per heavy atom. The molecule has 17 heavy (non-hydrogen) atoms. The average Bonchev–Trinajstić information content (AvgIpc) is 2.32. The Labute approximate surface area is 108 Å². The summed E-state index contributed by atoms with van der Waals surface area (Å²) in [6.45, 7) is 5.90. The van der Waals surface area contributed by atoms with Crippen molar-refractivity contribution in [2.24, 2.45) is 0 Å². The third kappa shape index (κ3) is 13.6. The van der Waals surface area contributed by atoms with Crippen LogP contribution in [0, 0.1) is 0 Å². The molecular formula is C16H32O. The van der Waals surface area contributed by atoms with Gasteiger partial charge in [0.25, 0.3) is 0 Å². The fraction of sp³-hybridized carbons (Fsp3) is 0.875. The van der Waals surface area contributed by atoms with E-state index < -0.39 is 0 Å². The summed E-state index contributed by atoms with van der Waals surface area (Å²) in [5.41, 5.74) is 0. The van der Waals surface area contributed by atoms with E-state index in [0.29, 0.717) is 0 Å². The highest BCUT2D eigenvalue weighted by molar-refractivity contribution is 4.71. The number of hydrogen-bond donors (Lipinski definition) is 1. The van der Waals surface area contributed by atoms with Gasteiger partial charge < -0.3 is 5.11 Å². The second-order valence-electron chi connectivity index (χ2n) is 5.15. The SMILES string of the molecule is C=CC[C@H](O)CCCCCCCCCCCC. The maximum Gasteiger partial charge on any atom is 0.0574 e. The molecule has 0 aromatic carbocycles. The quantitative estimate of drug-likeness (QED) is 0.345. The Morgan fingerprint density at radius 2 is 1.35 bits per heavy atom. The molecule has 1 heteroatoms. The van der Waals surface area contributed by atoms with E-state index in [9.17, 15) is 5.11 Å². The molecule has 0 fully saturated rings. The fourth-order valence-corrected chi connectivity index (χ4v) is 2.18. The van der Waals surface area contributed by atoms with Crippen molar-refractivity contribution in [3.05, 3.63) is 12.7 Å². The van der Waals surface area contributed by atoms with Crippen molar-refractivity contribution in [2.75, 3.05) is 0 Å². The minimum atomic E-state index is -0.151. The summed E-state index contributed by atoms with van der Waals surface area (Å²) in [4.78, 5) is 0. The number of aliphatic hydroxyl groups is 1. The van der Waals surface area contributed by atoms with Crippen molar-refractivity contribution in [1.29, 1.82) is 0 Å². The highest BCUT2D eigenvalue weighted by atomic mass is 16.3. The topological polar surface area (TPSA) is 20.2 Å². The summed E-state index contributed by atoms with van der Waals surface area (Å²) < 4.78 is 0. The number of hydrogen-bond acceptors (Lipinski definition) is 1. The molecule has 0 bridgehead atoms. The zero-order valence-corrected chi connectivity index (χ0v) is 11.8. The van der Waals surface area contributed by atoms with Crippen LogP contribution in [0.2, 0.25) is 0 Å². The van der Waals surface area contributed by atoms with E-state index in [-0.39, 0.29) is 6.10 Å². The lowest BCUT2D eigenvalue weighted by molar-refractivity contribution is 0.164. The summed E-state index contributed by atoms with van der Waals surface area (Å²) >= 11 is 0. The predicted octanol–water partition coefficient (Wildman–Crippen LogP) is 5.23. The van der Waals surface area contributed by atoms with Crippen LogP contribution >= 0.6 is 0 Å². The zero-order valence-electron chi connectivity index (χ0n) is 11.8. The van der Waals surface area contributed by atoms with E-state index in [1.54, 1.807) is 6.08 Å². The van der Waals surface area contributed by atoms with Crippen LogP contribution in [-0.2, 0) is 0 Å². The summed E-state index contributed by atoms with van der Waals surface area (Å²) in [7, 11) is 0. The Hall–Kier alpha value is -0.300. The van der Waals surface area contributed by atoms with Gasteiger partial charge in [-0.15, -0.1) is 6.58 Å². The molecule has 0 heterocycles. The maximum atomic E-state index is 9.50. The largest absolute Gasteiger partial charge is 0.393 e. The summed E-state index contributed by atoms with van der Waals surface area (Å²) in [6, 6.07) is 0. The molecule has 1 nitrogen and oxygen atoms in total. The van der Waals surface area contributed by atoms with Gasteiger partial charge in [-0.1, -0.05) is 77.2 Å². The van der Waals surface area contributed by atoms with Gasteiger partial charge in [-0.25, -0.2) is 0 Å². The van der Waals surface area contributed by atoms with Crippen molar-refractivity contribution in [3.8, 4) is 0 Å². The Morgan fingerprint density at radius 3 is 1.82 bits per heavy atom. The van der Waals surface area contributed by atoms with Crippen LogP contribution in [-0.4, -0.2) is 11.2 Å². The normalized spacial score (nSPS) is 12.6. The monoisotopic (exact) mass is 240 g/mol. The van der Waals surface area contributed by atoms with Crippen LogP contribution in [0.3, 0.4) is 0 Å². The molecule has 0 aliphatic heterocycles. The molecule has 1 atom stereocenters. The lowest BCUT2D eigenvalue weighted by Gasteiger charge is -2.07. The van der Waals surface area contributed by atoms with Gasteiger partial charge in [0.05, 0.1) is 6.10 Å². The van der Waals surface area contributed by atoms with E-state index in [2.05, 4.69) is 13.5 Å². The molecule has 0 aromatic heterocycles. The van der Waals surface area contributed by atoms with Crippen molar-refractivity contribution < 1.29 is 5.11 Å². The third-order valence-electron chi connectivity index (χ3n) is 3.33. The van der Waals surface area contributed by atoms with Gasteiger partial charge in [-0.3, -0.25) is 0 Å². The standard InChI is InChI=1S/C16H32O/c1-3-5-6-7-8-9-10-11-12-13-15-16(17)14-4-2/h4,16-17H,2-3,5-15H2,1H3/t16-/m0/s1. The highest BCUT2D eigenvalue weighted by Crippen LogP contribution is 2.12. The van der Waals surface area contributed by atoms with Crippen LogP contribution in [0.1, 0.15) is 84.0 Å². The van der Waals surface area contributed by atoms with Gasteiger partial charge in [-0.2, -0.15) is 0 Å². The first-order valence-electron chi connectivity index (χ1n) is 7.60. The van der Waals surface area contributed by atoms with Crippen LogP contribution in [0.25, 0.3) is 0 Å². The highest BCUT2D eigenvalue weighted by Gasteiger charge is 2.00. The Bertz CT molecular complexity index is 154. The van der Waals surface area contributed by atoms with Crippen LogP contribution in [0.15, 0.2) is 12.7 Å². The second kappa shape index (κ2) is 13.8. The van der Waals surface area contributed by atoms with Crippen LogP contribution < -0.4 is 0 Å². The molecule has 0 aliphatic rings. The summed E-state index contributed by atoms with van der Waals surface area (Å²) in [6.07, 6.45) is 16.9. The van der Waals surface area contributed by atoms with E-state index in [1.165, 1.54) is 64.2 Å². The molecule has 0 radical (unpaired) electrons. The van der Waals surface area contributed by atoms with Crippen molar-refractivity contribution in [2.45, 2.75) is 90.1 Å². The molecule has 0 aromatic rings. The van der Waals surface area contributed by atoms with Gasteiger partial charge in [0, 0.05) is 0 Å². The average molecular weight is 240 g/mol. The molecule has 0 amide bonds. The Kier molecular flexibility index (Phi) is 13.5. The minimum absolute atomic E-state index is 0.151. The van der Waals surface area contributed by atoms with E-state index >= 15 is 0 Å². The molecule has 0 unspecified atom stereocenters. The zero-order chi connectivity index (χ0) is 12.8. The number of aliphatic hydroxyl groups excluding tert-OH is 1. The molecule has 0 saturated carbocycles. The van der Waals surface area contributed by atoms with Gasteiger partial charge >= 0.3 is 0 Å². The molecule has 1 N–H and O–H groups in total. The Balaban J connectivity index is 3.00. The fourth-order valence-electron chi connectivity index (χ4n) is 2.18. The number of rotatable bonds is 13. The predicted molar refractivity (Wildman–Crippen MR) is 77.3 cm³/mol. The summed E-state index contributed by atoms with van der Waals surface area (Å²) in [5.74, 6) is 0. The maximum absolute atomic E-state index is 9.50. The van der Waals surface area contributed by atoms with Gasteiger partial charge in [-0.05, 0) is 12.8 Å². The lowest BCUT2D eigenvalue weighted by Crippen LogP contribution is -2.03. The molecule has 102 valence electrons. The third-order valence-corrected chi connectivity index (χ3v) is 3.33. The summed E-state index contributed by atoms with van der Waals surface area (Å²) in [5, 5.41) is 9.50. The lowest BCUT2D eigenvalue weighted by atomic mass is 10.0. The minimum Gasteiger partial charge on any atom is -0.393 e. The van der Waals surface area contributed by atoms with Crippen molar-refractivity contribution >= 4 is 0 Å².